The lowest BCUT2D eigenvalue weighted by atomic mass is 9.76. The molecule has 3 unspecified atom stereocenters. The third-order valence-electron chi connectivity index (χ3n) is 9.14. The van der Waals surface area contributed by atoms with Gasteiger partial charge in [-0.25, -0.2) is 4.98 Å². The molecule has 0 fully saturated rings. The highest BCUT2D eigenvalue weighted by Crippen LogP contribution is 2.48. The normalized spacial score (nSPS) is 24.1. The Morgan fingerprint density at radius 1 is 0.947 bits per heavy atom. The molecule has 192 valence electrons. The number of nitrogens with zero attached hydrogens (tertiary/aromatic N) is 3. The molecule has 5 nitrogen and oxygen atoms in total. The van der Waals surface area contributed by atoms with E-state index in [1.165, 1.54) is 16.8 Å². The highest BCUT2D eigenvalue weighted by Gasteiger charge is 2.41. The first kappa shape index (κ1) is 23.3. The van der Waals surface area contributed by atoms with Crippen molar-refractivity contribution in [1.82, 2.24) is 9.55 Å². The second-order valence-electron chi connectivity index (χ2n) is 11.9. The van der Waals surface area contributed by atoms with Gasteiger partial charge in [0.05, 0.1) is 17.1 Å². The van der Waals surface area contributed by atoms with Gasteiger partial charge < -0.3 is 10.2 Å². The lowest BCUT2D eigenvalue weighted by Gasteiger charge is -2.46. The van der Waals surface area contributed by atoms with E-state index in [2.05, 4.69) is 103 Å². The monoisotopic (exact) mass is 502 g/mol. The summed E-state index contributed by atoms with van der Waals surface area (Å²) in [7, 11) is 2.20. The van der Waals surface area contributed by atoms with E-state index in [9.17, 15) is 4.79 Å². The fraction of sp³-hybridized carbons (Fsp3) is 0.333. The maximum absolute atomic E-state index is 14.0. The molecule has 0 radical (unpaired) electrons. The van der Waals surface area contributed by atoms with Crippen LogP contribution in [-0.4, -0.2) is 27.9 Å². The molecule has 3 heterocycles. The molecule has 0 saturated heterocycles. The second kappa shape index (κ2) is 8.32. The van der Waals surface area contributed by atoms with Crippen LogP contribution in [-0.2, 0) is 4.79 Å². The van der Waals surface area contributed by atoms with Crippen molar-refractivity contribution in [3.8, 4) is 0 Å². The molecule has 3 atom stereocenters. The average molecular weight is 503 g/mol. The SMILES string of the molecule is CC1CC(C)(C)N(C)c2ccc(C3C4=C(CC(c5ccccc5)CC4=O)Nc4nc5ccccc5n43)cc21. The van der Waals surface area contributed by atoms with Crippen molar-refractivity contribution in [2.24, 2.45) is 0 Å². The summed E-state index contributed by atoms with van der Waals surface area (Å²) in [4.78, 5) is 21.4. The van der Waals surface area contributed by atoms with E-state index in [1.807, 2.05) is 12.1 Å². The molecule has 3 aliphatic rings. The van der Waals surface area contributed by atoms with Crippen LogP contribution in [0.25, 0.3) is 11.0 Å². The van der Waals surface area contributed by atoms with Crippen LogP contribution < -0.4 is 10.2 Å². The molecule has 1 N–H and O–H groups in total. The lowest BCUT2D eigenvalue weighted by molar-refractivity contribution is -0.116. The zero-order chi connectivity index (χ0) is 26.2. The number of imidazole rings is 1. The quantitative estimate of drug-likeness (QED) is 0.316. The first-order valence-electron chi connectivity index (χ1n) is 13.7. The maximum atomic E-state index is 14.0. The van der Waals surface area contributed by atoms with Crippen LogP contribution in [0.2, 0.25) is 0 Å². The zero-order valence-corrected chi connectivity index (χ0v) is 22.5. The molecule has 1 aromatic heterocycles. The zero-order valence-electron chi connectivity index (χ0n) is 22.5. The van der Waals surface area contributed by atoms with Gasteiger partial charge in [-0.3, -0.25) is 9.36 Å². The Hall–Kier alpha value is -3.86. The summed E-state index contributed by atoms with van der Waals surface area (Å²) in [5.41, 5.74) is 9.05. The van der Waals surface area contributed by atoms with Crippen LogP contribution in [0.5, 0.6) is 0 Å². The topological polar surface area (TPSA) is 50.2 Å². The van der Waals surface area contributed by atoms with Gasteiger partial charge >= 0.3 is 0 Å². The molecule has 1 aliphatic carbocycles. The number of carbonyl (C=O) groups is 1. The van der Waals surface area contributed by atoms with Crippen LogP contribution in [0.3, 0.4) is 0 Å². The summed E-state index contributed by atoms with van der Waals surface area (Å²) in [5, 5.41) is 3.61. The van der Waals surface area contributed by atoms with Gasteiger partial charge in [-0.15, -0.1) is 0 Å². The molecular formula is C33H34N4O. The summed E-state index contributed by atoms with van der Waals surface area (Å²) in [6, 6.07) is 25.4. The fourth-order valence-corrected chi connectivity index (χ4v) is 7.07. The van der Waals surface area contributed by atoms with Crippen LogP contribution in [0, 0.1) is 0 Å². The van der Waals surface area contributed by atoms with Gasteiger partial charge in [0.1, 0.15) is 0 Å². The number of nitrogens with one attached hydrogen (secondary N) is 1. The van der Waals surface area contributed by atoms with Gasteiger partial charge in [-0.1, -0.05) is 61.5 Å². The fourth-order valence-electron chi connectivity index (χ4n) is 7.07. The largest absolute Gasteiger partial charge is 0.369 e. The Balaban J connectivity index is 1.41. The molecule has 0 amide bonds. The van der Waals surface area contributed by atoms with Gasteiger partial charge in [0, 0.05) is 36.0 Å². The van der Waals surface area contributed by atoms with Gasteiger partial charge in [-0.2, -0.15) is 0 Å². The van der Waals surface area contributed by atoms with E-state index < -0.39 is 0 Å². The van der Waals surface area contributed by atoms with Gasteiger partial charge in [0.15, 0.2) is 5.78 Å². The van der Waals surface area contributed by atoms with Crippen molar-refractivity contribution in [2.45, 2.75) is 63.5 Å². The van der Waals surface area contributed by atoms with Crippen LogP contribution in [0.4, 0.5) is 11.6 Å². The second-order valence-corrected chi connectivity index (χ2v) is 11.9. The Kier molecular flexibility index (Phi) is 5.10. The molecule has 7 rings (SSSR count). The lowest BCUT2D eigenvalue weighted by Crippen LogP contribution is -2.45. The number of ketones is 1. The third kappa shape index (κ3) is 3.44. The number of fused-ring (bicyclic) bond motifs is 4. The predicted molar refractivity (Wildman–Crippen MR) is 154 cm³/mol. The first-order valence-corrected chi connectivity index (χ1v) is 13.7. The summed E-state index contributed by atoms with van der Waals surface area (Å²) in [6.45, 7) is 6.97. The summed E-state index contributed by atoms with van der Waals surface area (Å²) in [6.07, 6.45) is 2.43. The molecule has 5 heteroatoms. The van der Waals surface area contributed by atoms with Crippen molar-refractivity contribution in [3.63, 3.8) is 0 Å². The third-order valence-corrected chi connectivity index (χ3v) is 9.14. The number of carbonyl (C=O) groups excluding carboxylic acids is 1. The number of para-hydroxylation sites is 2. The van der Waals surface area contributed by atoms with E-state index in [0.717, 1.165) is 46.7 Å². The van der Waals surface area contributed by atoms with Crippen molar-refractivity contribution >= 4 is 28.5 Å². The van der Waals surface area contributed by atoms with Crippen LogP contribution >= 0.6 is 0 Å². The minimum atomic E-state index is -0.199. The number of Topliss-reactive ketones (excluding diaryl/α,β-unsaturated/α-hetero) is 1. The van der Waals surface area contributed by atoms with Crippen molar-refractivity contribution < 1.29 is 4.79 Å². The van der Waals surface area contributed by atoms with Crippen molar-refractivity contribution in [2.75, 3.05) is 17.3 Å². The molecule has 0 bridgehead atoms. The summed E-state index contributed by atoms with van der Waals surface area (Å²) in [5.74, 6) is 1.66. The number of hydrogen-bond donors (Lipinski definition) is 1. The van der Waals surface area contributed by atoms with Crippen molar-refractivity contribution in [3.05, 3.63) is 101 Å². The predicted octanol–water partition coefficient (Wildman–Crippen LogP) is 7.17. The van der Waals surface area contributed by atoms with Gasteiger partial charge in [0.25, 0.3) is 0 Å². The van der Waals surface area contributed by atoms with E-state index in [0.29, 0.717) is 12.3 Å². The molecular weight excluding hydrogens is 468 g/mol. The smallest absolute Gasteiger partial charge is 0.209 e. The number of benzene rings is 3. The van der Waals surface area contributed by atoms with E-state index in [1.54, 1.807) is 0 Å². The number of aromatic nitrogens is 2. The van der Waals surface area contributed by atoms with E-state index >= 15 is 0 Å². The minimum absolute atomic E-state index is 0.109. The van der Waals surface area contributed by atoms with E-state index in [4.69, 9.17) is 4.98 Å². The van der Waals surface area contributed by atoms with Crippen LogP contribution in [0.1, 0.15) is 74.6 Å². The summed E-state index contributed by atoms with van der Waals surface area (Å²) >= 11 is 0. The number of hydrogen-bond acceptors (Lipinski definition) is 4. The summed E-state index contributed by atoms with van der Waals surface area (Å²) < 4.78 is 2.25. The number of anilines is 2. The standard InChI is InChI=1S/C33H34N4O/c1-20-19-33(2,3)36(4)27-15-14-22(16-24(20)27)31-30-26(17-23(18-29(30)38)21-10-6-5-7-11-21)35-32-34-25-12-8-9-13-28(25)37(31)32/h5-16,20,23,31H,17-19H2,1-4H3,(H,34,35). The maximum Gasteiger partial charge on any atom is 0.209 e. The molecule has 2 aliphatic heterocycles. The minimum Gasteiger partial charge on any atom is -0.369 e. The van der Waals surface area contributed by atoms with Crippen LogP contribution in [0.15, 0.2) is 84.1 Å². The molecule has 3 aromatic carbocycles. The van der Waals surface area contributed by atoms with Gasteiger partial charge in [0.2, 0.25) is 5.95 Å². The average Bonchev–Trinajstić information content (AvgIpc) is 3.28. The highest BCUT2D eigenvalue weighted by molar-refractivity contribution is 6.01. The molecule has 4 aromatic rings. The molecule has 0 spiro atoms. The number of rotatable bonds is 2. The Morgan fingerprint density at radius 2 is 1.71 bits per heavy atom. The molecule has 0 saturated carbocycles. The Labute approximate surface area is 224 Å². The highest BCUT2D eigenvalue weighted by atomic mass is 16.1. The van der Waals surface area contributed by atoms with Crippen molar-refractivity contribution in [1.29, 1.82) is 0 Å². The van der Waals surface area contributed by atoms with Gasteiger partial charge in [-0.05, 0) is 73.4 Å². The Morgan fingerprint density at radius 3 is 2.53 bits per heavy atom. The van der Waals surface area contributed by atoms with E-state index in [-0.39, 0.29) is 23.3 Å². The Bertz CT molecular complexity index is 1610. The molecule has 38 heavy (non-hydrogen) atoms. The number of allylic oxidation sites excluding steroid dienone is 2. The first-order chi connectivity index (χ1) is 18.3.